The van der Waals surface area contributed by atoms with Gasteiger partial charge in [0, 0.05) is 26.2 Å². The van der Waals surface area contributed by atoms with Gasteiger partial charge in [-0.25, -0.2) is 0 Å². The lowest BCUT2D eigenvalue weighted by Gasteiger charge is -2.34. The first-order valence-corrected chi connectivity index (χ1v) is 6.75. The molecule has 98 valence electrons. The van der Waals surface area contributed by atoms with E-state index >= 15 is 0 Å². The zero-order valence-electron chi connectivity index (χ0n) is 11.1. The van der Waals surface area contributed by atoms with Gasteiger partial charge in [0.1, 0.15) is 6.10 Å². The third-order valence-electron chi connectivity index (χ3n) is 3.57. The number of nitrogens with one attached hydrogen (secondary N) is 2. The number of anilines is 2. The Morgan fingerprint density at radius 1 is 1.28 bits per heavy atom. The number of ether oxygens (including phenoxy) is 1. The van der Waals surface area contributed by atoms with Crippen molar-refractivity contribution < 1.29 is 4.74 Å². The minimum absolute atomic E-state index is 0.238. The van der Waals surface area contributed by atoms with E-state index in [1.807, 2.05) is 0 Å². The fourth-order valence-electron chi connectivity index (χ4n) is 2.65. The first-order valence-electron chi connectivity index (χ1n) is 6.75. The maximum absolute atomic E-state index is 6.05. The fourth-order valence-corrected chi connectivity index (χ4v) is 2.65. The van der Waals surface area contributed by atoms with Crippen LogP contribution in [0.3, 0.4) is 0 Å². The van der Waals surface area contributed by atoms with Crippen LogP contribution < -0.4 is 20.3 Å². The number of fused-ring (bicyclic) bond motifs is 1. The van der Waals surface area contributed by atoms with Crippen LogP contribution in [0.4, 0.5) is 11.4 Å². The Morgan fingerprint density at radius 2 is 2.06 bits per heavy atom. The minimum Gasteiger partial charge on any atom is -0.485 e. The van der Waals surface area contributed by atoms with E-state index in [1.54, 1.807) is 0 Å². The highest BCUT2D eigenvalue weighted by atomic mass is 16.5. The van der Waals surface area contributed by atoms with E-state index in [0.717, 1.165) is 44.2 Å². The van der Waals surface area contributed by atoms with Gasteiger partial charge in [-0.05, 0) is 31.5 Å². The summed E-state index contributed by atoms with van der Waals surface area (Å²) >= 11 is 0. The minimum atomic E-state index is 0.238. The van der Waals surface area contributed by atoms with Gasteiger partial charge in [0.25, 0.3) is 0 Å². The molecule has 1 atom stereocenters. The molecular formula is C14H21N3O. The average Bonchev–Trinajstić information content (AvgIpc) is 2.39. The largest absolute Gasteiger partial charge is 0.485 e. The predicted octanol–water partition coefficient (Wildman–Crippen LogP) is 1.60. The zero-order valence-corrected chi connectivity index (χ0v) is 11.1. The molecule has 2 heterocycles. The summed E-state index contributed by atoms with van der Waals surface area (Å²) < 4.78 is 6.05. The Balaban J connectivity index is 1.99. The normalized spacial score (nSPS) is 23.0. The number of nitrogens with zero attached hydrogens (tertiary/aromatic N) is 1. The van der Waals surface area contributed by atoms with Crippen LogP contribution in [-0.2, 0) is 0 Å². The Kier molecular flexibility index (Phi) is 3.04. The highest BCUT2D eigenvalue weighted by Gasteiger charge is 2.23. The number of hydrogen-bond acceptors (Lipinski definition) is 4. The van der Waals surface area contributed by atoms with Gasteiger partial charge in [0.2, 0.25) is 0 Å². The first-order chi connectivity index (χ1) is 8.74. The summed E-state index contributed by atoms with van der Waals surface area (Å²) in [5.74, 6) is 1.03. The van der Waals surface area contributed by atoms with Crippen molar-refractivity contribution in [3.8, 4) is 5.75 Å². The molecule has 0 aromatic heterocycles. The highest BCUT2D eigenvalue weighted by molar-refractivity contribution is 5.74. The average molecular weight is 247 g/mol. The van der Waals surface area contributed by atoms with Crippen LogP contribution in [0.1, 0.15) is 12.5 Å². The topological polar surface area (TPSA) is 36.5 Å². The van der Waals surface area contributed by atoms with Gasteiger partial charge in [0.05, 0.1) is 17.9 Å². The van der Waals surface area contributed by atoms with Crippen LogP contribution in [0.15, 0.2) is 12.1 Å². The summed E-state index contributed by atoms with van der Waals surface area (Å²) in [5.41, 5.74) is 3.67. The number of benzene rings is 1. The third-order valence-corrected chi connectivity index (χ3v) is 3.57. The second-order valence-electron chi connectivity index (χ2n) is 5.21. The molecule has 2 aliphatic rings. The molecule has 0 spiro atoms. The van der Waals surface area contributed by atoms with Crippen molar-refractivity contribution in [1.82, 2.24) is 5.32 Å². The lowest BCUT2D eigenvalue weighted by atomic mass is 10.1. The van der Waals surface area contributed by atoms with Crippen molar-refractivity contribution >= 4 is 11.4 Å². The van der Waals surface area contributed by atoms with E-state index in [1.165, 1.54) is 11.3 Å². The molecule has 3 rings (SSSR count). The lowest BCUT2D eigenvalue weighted by molar-refractivity contribution is 0.226. The van der Waals surface area contributed by atoms with Gasteiger partial charge < -0.3 is 20.3 Å². The van der Waals surface area contributed by atoms with Crippen LogP contribution in [0, 0.1) is 6.92 Å². The maximum Gasteiger partial charge on any atom is 0.166 e. The summed E-state index contributed by atoms with van der Waals surface area (Å²) in [6.45, 7) is 9.33. The molecule has 1 aromatic carbocycles. The van der Waals surface area contributed by atoms with E-state index in [-0.39, 0.29) is 6.10 Å². The van der Waals surface area contributed by atoms with Gasteiger partial charge in [-0.1, -0.05) is 0 Å². The van der Waals surface area contributed by atoms with E-state index in [4.69, 9.17) is 4.74 Å². The molecule has 4 nitrogen and oxygen atoms in total. The molecule has 1 fully saturated rings. The van der Waals surface area contributed by atoms with E-state index < -0.39 is 0 Å². The first kappa shape index (κ1) is 11.7. The number of hydrogen-bond donors (Lipinski definition) is 2. The van der Waals surface area contributed by atoms with Crippen molar-refractivity contribution in [2.75, 3.05) is 42.9 Å². The SMILES string of the molecule is Cc1cc2c(c(N3CCNCC3)c1)OC(C)CN2. The van der Waals surface area contributed by atoms with Crippen molar-refractivity contribution in [1.29, 1.82) is 0 Å². The fraction of sp³-hybridized carbons (Fsp3) is 0.571. The monoisotopic (exact) mass is 247 g/mol. The van der Waals surface area contributed by atoms with E-state index in [2.05, 4.69) is 41.5 Å². The quantitative estimate of drug-likeness (QED) is 0.790. The summed E-state index contributed by atoms with van der Waals surface area (Å²) in [6.07, 6.45) is 0.238. The van der Waals surface area contributed by atoms with Crippen LogP contribution in [0.25, 0.3) is 0 Å². The van der Waals surface area contributed by atoms with Crippen LogP contribution in [0.2, 0.25) is 0 Å². The maximum atomic E-state index is 6.05. The molecule has 0 amide bonds. The zero-order chi connectivity index (χ0) is 12.5. The molecule has 0 bridgehead atoms. The van der Waals surface area contributed by atoms with E-state index in [0.29, 0.717) is 0 Å². The Bertz CT molecular complexity index is 441. The molecule has 0 radical (unpaired) electrons. The molecule has 2 N–H and O–H groups in total. The molecule has 18 heavy (non-hydrogen) atoms. The molecule has 1 aromatic rings. The molecular weight excluding hydrogens is 226 g/mol. The predicted molar refractivity (Wildman–Crippen MR) is 74.8 cm³/mol. The highest BCUT2D eigenvalue weighted by Crippen LogP contribution is 2.40. The standard InChI is InChI=1S/C14H21N3O/c1-10-7-12-14(18-11(2)9-16-12)13(8-10)17-5-3-15-4-6-17/h7-8,11,15-16H,3-6,9H2,1-2H3. The Labute approximate surface area is 108 Å². The van der Waals surface area contributed by atoms with Crippen LogP contribution >= 0.6 is 0 Å². The van der Waals surface area contributed by atoms with Gasteiger partial charge in [0.15, 0.2) is 5.75 Å². The third kappa shape index (κ3) is 2.12. The summed E-state index contributed by atoms with van der Waals surface area (Å²) in [6, 6.07) is 4.41. The second kappa shape index (κ2) is 4.69. The molecule has 0 aliphatic carbocycles. The van der Waals surface area contributed by atoms with Crippen molar-refractivity contribution in [3.63, 3.8) is 0 Å². The van der Waals surface area contributed by atoms with Crippen LogP contribution in [0.5, 0.6) is 5.75 Å². The van der Waals surface area contributed by atoms with Crippen LogP contribution in [-0.4, -0.2) is 38.8 Å². The molecule has 4 heteroatoms. The molecule has 2 aliphatic heterocycles. The summed E-state index contributed by atoms with van der Waals surface area (Å²) in [7, 11) is 0. The number of rotatable bonds is 1. The lowest BCUT2D eigenvalue weighted by Crippen LogP contribution is -2.44. The smallest absolute Gasteiger partial charge is 0.166 e. The Hall–Kier alpha value is -1.42. The second-order valence-corrected chi connectivity index (χ2v) is 5.21. The number of aryl methyl sites for hydroxylation is 1. The van der Waals surface area contributed by atoms with Crippen molar-refractivity contribution in [2.24, 2.45) is 0 Å². The van der Waals surface area contributed by atoms with Gasteiger partial charge in [-0.2, -0.15) is 0 Å². The van der Waals surface area contributed by atoms with Gasteiger partial charge in [-0.15, -0.1) is 0 Å². The van der Waals surface area contributed by atoms with Crippen molar-refractivity contribution in [3.05, 3.63) is 17.7 Å². The van der Waals surface area contributed by atoms with E-state index in [9.17, 15) is 0 Å². The van der Waals surface area contributed by atoms with Gasteiger partial charge >= 0.3 is 0 Å². The van der Waals surface area contributed by atoms with Crippen molar-refractivity contribution in [2.45, 2.75) is 20.0 Å². The summed E-state index contributed by atoms with van der Waals surface area (Å²) in [5, 5.41) is 6.86. The molecule has 0 saturated carbocycles. The Morgan fingerprint density at radius 3 is 2.83 bits per heavy atom. The number of piperazine rings is 1. The van der Waals surface area contributed by atoms with Gasteiger partial charge in [-0.3, -0.25) is 0 Å². The summed E-state index contributed by atoms with van der Waals surface area (Å²) in [4.78, 5) is 2.42. The molecule has 1 saturated heterocycles. The molecule has 1 unspecified atom stereocenters.